The first kappa shape index (κ1) is 17.9. The van der Waals surface area contributed by atoms with Crippen LogP contribution in [0.1, 0.15) is 18.1 Å². The van der Waals surface area contributed by atoms with E-state index in [4.69, 9.17) is 5.11 Å². The molecule has 1 saturated heterocycles. The molecule has 0 radical (unpaired) electrons. The zero-order valence-electron chi connectivity index (χ0n) is 14.3. The van der Waals surface area contributed by atoms with Gasteiger partial charge >= 0.3 is 0 Å². The number of benzene rings is 1. The first-order valence-electron chi connectivity index (χ1n) is 8.48. The highest BCUT2D eigenvalue weighted by Crippen LogP contribution is 2.09. The minimum absolute atomic E-state index is 0.0988. The SMILES string of the molecule is Cc1ccccc1C[C@H](C)NC(=O)CN1CCN(CCO)CC1. The van der Waals surface area contributed by atoms with Gasteiger partial charge in [0, 0.05) is 38.8 Å². The normalized spacial score (nSPS) is 17.9. The topological polar surface area (TPSA) is 55.8 Å². The Labute approximate surface area is 139 Å². The largest absolute Gasteiger partial charge is 0.395 e. The Morgan fingerprint density at radius 1 is 1.22 bits per heavy atom. The number of rotatable bonds is 7. The molecule has 23 heavy (non-hydrogen) atoms. The van der Waals surface area contributed by atoms with Crippen LogP contribution in [0.5, 0.6) is 0 Å². The standard InChI is InChI=1S/C18H29N3O2/c1-15-5-3-4-6-17(15)13-16(2)19-18(23)14-21-9-7-20(8-10-21)11-12-22/h3-6,16,22H,7-14H2,1-2H3,(H,19,23)/t16-/m0/s1. The molecule has 1 aromatic carbocycles. The lowest BCUT2D eigenvalue weighted by atomic mass is 10.0. The van der Waals surface area contributed by atoms with Crippen LogP contribution >= 0.6 is 0 Å². The first-order valence-corrected chi connectivity index (χ1v) is 8.48. The van der Waals surface area contributed by atoms with Gasteiger partial charge < -0.3 is 10.4 Å². The Hall–Kier alpha value is -1.43. The van der Waals surface area contributed by atoms with Gasteiger partial charge in [0.2, 0.25) is 5.91 Å². The zero-order chi connectivity index (χ0) is 16.7. The van der Waals surface area contributed by atoms with E-state index in [1.165, 1.54) is 11.1 Å². The number of aliphatic hydroxyl groups excluding tert-OH is 1. The van der Waals surface area contributed by atoms with Crippen molar-refractivity contribution in [2.45, 2.75) is 26.3 Å². The Balaban J connectivity index is 1.71. The van der Waals surface area contributed by atoms with Crippen molar-refractivity contribution in [3.63, 3.8) is 0 Å². The van der Waals surface area contributed by atoms with E-state index in [-0.39, 0.29) is 18.6 Å². The number of nitrogens with zero attached hydrogens (tertiary/aromatic N) is 2. The summed E-state index contributed by atoms with van der Waals surface area (Å²) in [5.74, 6) is 0.0988. The Morgan fingerprint density at radius 2 is 1.87 bits per heavy atom. The van der Waals surface area contributed by atoms with Crippen LogP contribution in [0, 0.1) is 6.92 Å². The van der Waals surface area contributed by atoms with Crippen molar-refractivity contribution in [3.8, 4) is 0 Å². The van der Waals surface area contributed by atoms with E-state index in [1.807, 2.05) is 12.1 Å². The molecule has 0 aromatic heterocycles. The lowest BCUT2D eigenvalue weighted by Crippen LogP contribution is -2.50. The number of β-amino-alcohol motifs (C(OH)–C–C–N with tert-alkyl or cyclic N) is 1. The van der Waals surface area contributed by atoms with Gasteiger partial charge in [-0.15, -0.1) is 0 Å². The molecule has 1 aliphatic rings. The minimum Gasteiger partial charge on any atom is -0.395 e. The molecule has 1 heterocycles. The predicted octanol–water partition coefficient (Wildman–Crippen LogP) is 0.652. The van der Waals surface area contributed by atoms with Crippen LogP contribution in [-0.2, 0) is 11.2 Å². The van der Waals surface area contributed by atoms with E-state index < -0.39 is 0 Å². The van der Waals surface area contributed by atoms with E-state index in [0.29, 0.717) is 6.54 Å². The monoisotopic (exact) mass is 319 g/mol. The van der Waals surface area contributed by atoms with Gasteiger partial charge in [-0.2, -0.15) is 0 Å². The number of hydrogen-bond donors (Lipinski definition) is 2. The number of carbonyl (C=O) groups excluding carboxylic acids is 1. The summed E-state index contributed by atoms with van der Waals surface area (Å²) in [6.45, 7) is 9.19. The molecule has 128 valence electrons. The van der Waals surface area contributed by atoms with E-state index in [9.17, 15) is 4.79 Å². The Morgan fingerprint density at radius 3 is 2.52 bits per heavy atom. The van der Waals surface area contributed by atoms with Crippen molar-refractivity contribution in [2.75, 3.05) is 45.9 Å². The maximum Gasteiger partial charge on any atom is 0.234 e. The molecule has 1 aromatic rings. The van der Waals surface area contributed by atoms with Gasteiger partial charge in [0.1, 0.15) is 0 Å². The number of nitrogens with one attached hydrogen (secondary N) is 1. The van der Waals surface area contributed by atoms with Gasteiger partial charge in [-0.3, -0.25) is 14.6 Å². The van der Waals surface area contributed by atoms with Crippen LogP contribution in [-0.4, -0.2) is 72.7 Å². The molecule has 0 spiro atoms. The third kappa shape index (κ3) is 5.94. The molecule has 2 N–H and O–H groups in total. The Bertz CT molecular complexity index is 499. The van der Waals surface area contributed by atoms with Crippen molar-refractivity contribution in [1.29, 1.82) is 0 Å². The van der Waals surface area contributed by atoms with Crippen LogP contribution in [0.3, 0.4) is 0 Å². The second-order valence-corrected chi connectivity index (χ2v) is 6.44. The summed E-state index contributed by atoms with van der Waals surface area (Å²) in [4.78, 5) is 16.6. The fraction of sp³-hybridized carbons (Fsp3) is 0.611. The lowest BCUT2D eigenvalue weighted by molar-refractivity contribution is -0.123. The van der Waals surface area contributed by atoms with E-state index >= 15 is 0 Å². The summed E-state index contributed by atoms with van der Waals surface area (Å²) in [6.07, 6.45) is 0.864. The summed E-state index contributed by atoms with van der Waals surface area (Å²) in [6, 6.07) is 8.45. The number of aryl methyl sites for hydroxylation is 1. The number of hydrogen-bond acceptors (Lipinski definition) is 4. The van der Waals surface area contributed by atoms with Gasteiger partial charge in [-0.1, -0.05) is 24.3 Å². The summed E-state index contributed by atoms with van der Waals surface area (Å²) >= 11 is 0. The van der Waals surface area contributed by atoms with Crippen molar-refractivity contribution >= 4 is 5.91 Å². The predicted molar refractivity (Wildman–Crippen MR) is 92.5 cm³/mol. The van der Waals surface area contributed by atoms with Gasteiger partial charge in [0.05, 0.1) is 13.2 Å². The molecule has 5 heteroatoms. The molecule has 2 rings (SSSR count). The Kier molecular flexibility index (Phi) is 7.02. The quantitative estimate of drug-likeness (QED) is 0.775. The number of amides is 1. The van der Waals surface area contributed by atoms with E-state index in [0.717, 1.165) is 39.1 Å². The zero-order valence-corrected chi connectivity index (χ0v) is 14.3. The fourth-order valence-corrected chi connectivity index (χ4v) is 3.06. The van der Waals surface area contributed by atoms with Crippen LogP contribution in [0.2, 0.25) is 0 Å². The maximum absolute atomic E-state index is 12.2. The summed E-state index contributed by atoms with van der Waals surface area (Å²) in [7, 11) is 0. The molecule has 0 unspecified atom stereocenters. The third-order valence-corrected chi connectivity index (χ3v) is 4.44. The van der Waals surface area contributed by atoms with Crippen LogP contribution in [0.15, 0.2) is 24.3 Å². The fourth-order valence-electron chi connectivity index (χ4n) is 3.06. The van der Waals surface area contributed by atoms with Crippen molar-refractivity contribution in [1.82, 2.24) is 15.1 Å². The molecule has 1 atom stereocenters. The van der Waals surface area contributed by atoms with Crippen LogP contribution in [0.25, 0.3) is 0 Å². The number of piperazine rings is 1. The highest BCUT2D eigenvalue weighted by molar-refractivity contribution is 5.78. The molecular weight excluding hydrogens is 290 g/mol. The molecule has 0 aliphatic carbocycles. The van der Waals surface area contributed by atoms with Crippen molar-refractivity contribution in [3.05, 3.63) is 35.4 Å². The number of carbonyl (C=O) groups is 1. The summed E-state index contributed by atoms with van der Waals surface area (Å²) < 4.78 is 0. The minimum atomic E-state index is 0.0988. The van der Waals surface area contributed by atoms with Gasteiger partial charge in [-0.25, -0.2) is 0 Å². The van der Waals surface area contributed by atoms with Gasteiger partial charge in [-0.05, 0) is 31.4 Å². The van der Waals surface area contributed by atoms with E-state index in [1.54, 1.807) is 0 Å². The average molecular weight is 319 g/mol. The summed E-state index contributed by atoms with van der Waals surface area (Å²) in [5.41, 5.74) is 2.56. The van der Waals surface area contributed by atoms with Gasteiger partial charge in [0.15, 0.2) is 0 Å². The summed E-state index contributed by atoms with van der Waals surface area (Å²) in [5, 5.41) is 12.1. The lowest BCUT2D eigenvalue weighted by Gasteiger charge is -2.34. The maximum atomic E-state index is 12.2. The molecule has 1 amide bonds. The smallest absolute Gasteiger partial charge is 0.234 e. The van der Waals surface area contributed by atoms with Gasteiger partial charge in [0.25, 0.3) is 0 Å². The number of aliphatic hydroxyl groups is 1. The van der Waals surface area contributed by atoms with Crippen molar-refractivity contribution in [2.24, 2.45) is 0 Å². The molecule has 5 nitrogen and oxygen atoms in total. The molecular formula is C18H29N3O2. The molecule has 0 saturated carbocycles. The van der Waals surface area contributed by atoms with Crippen molar-refractivity contribution < 1.29 is 9.90 Å². The first-order chi connectivity index (χ1) is 11.1. The third-order valence-electron chi connectivity index (χ3n) is 4.44. The highest BCUT2D eigenvalue weighted by Gasteiger charge is 2.19. The second-order valence-electron chi connectivity index (χ2n) is 6.44. The molecule has 1 aliphatic heterocycles. The molecule has 0 bridgehead atoms. The van der Waals surface area contributed by atoms with E-state index in [2.05, 4.69) is 41.1 Å². The average Bonchev–Trinajstić information content (AvgIpc) is 2.51. The van der Waals surface area contributed by atoms with Crippen LogP contribution in [0.4, 0.5) is 0 Å². The second kappa shape index (κ2) is 9.01. The van der Waals surface area contributed by atoms with Crippen LogP contribution < -0.4 is 5.32 Å². The molecule has 1 fully saturated rings. The highest BCUT2D eigenvalue weighted by atomic mass is 16.3.